The van der Waals surface area contributed by atoms with Gasteiger partial charge in [0.15, 0.2) is 11.0 Å². The molecule has 0 amide bonds. The first-order valence-electron chi connectivity index (χ1n) is 7.30. The van der Waals surface area contributed by atoms with Crippen molar-refractivity contribution >= 4 is 40.9 Å². The summed E-state index contributed by atoms with van der Waals surface area (Å²) >= 11 is 13.3. The number of aromatic nitrogens is 3. The van der Waals surface area contributed by atoms with E-state index in [-0.39, 0.29) is 5.75 Å². The Balaban J connectivity index is 2.03. The maximum Gasteiger partial charge on any atom is 0.192 e. The predicted molar refractivity (Wildman–Crippen MR) is 96.8 cm³/mol. The largest absolute Gasteiger partial charge is 0.549 e. The number of carboxylic acids is 1. The summed E-state index contributed by atoms with van der Waals surface area (Å²) in [4.78, 5) is 10.8. The van der Waals surface area contributed by atoms with Crippen LogP contribution in [0.3, 0.4) is 0 Å². The first-order chi connectivity index (χ1) is 12.0. The summed E-state index contributed by atoms with van der Waals surface area (Å²) in [6.07, 6.45) is 0. The number of rotatable bonds is 6. The molecule has 0 fully saturated rings. The third-order valence-electron chi connectivity index (χ3n) is 3.39. The highest BCUT2D eigenvalue weighted by Gasteiger charge is 2.17. The molecule has 1 heterocycles. The van der Waals surface area contributed by atoms with Gasteiger partial charge < -0.3 is 9.90 Å². The zero-order chi connectivity index (χ0) is 17.8. The number of hydrogen-bond donors (Lipinski definition) is 0. The Morgan fingerprint density at radius 3 is 2.56 bits per heavy atom. The molecular formula is C17H12Cl2N3O2S-. The fraction of sp³-hybridized carbons (Fsp3) is 0.118. The third-order valence-corrected chi connectivity index (χ3v) is 4.88. The van der Waals surface area contributed by atoms with Gasteiger partial charge in [-0.3, -0.25) is 4.57 Å². The van der Waals surface area contributed by atoms with Crippen LogP contribution in [0.15, 0.2) is 53.7 Å². The van der Waals surface area contributed by atoms with E-state index < -0.39 is 5.97 Å². The molecule has 0 spiro atoms. The van der Waals surface area contributed by atoms with Gasteiger partial charge in [-0.15, -0.1) is 10.2 Å². The zero-order valence-corrected chi connectivity index (χ0v) is 15.2. The molecule has 0 saturated heterocycles. The first kappa shape index (κ1) is 17.8. The monoisotopic (exact) mass is 392 g/mol. The maximum atomic E-state index is 10.8. The highest BCUT2D eigenvalue weighted by Crippen LogP contribution is 2.31. The lowest BCUT2D eigenvalue weighted by Crippen LogP contribution is -2.24. The molecule has 0 aliphatic rings. The Bertz CT molecular complexity index is 900. The number of nitrogens with zero attached hydrogens (tertiary/aromatic N) is 3. The lowest BCUT2D eigenvalue weighted by molar-refractivity contribution is -0.301. The van der Waals surface area contributed by atoms with Gasteiger partial charge in [-0.2, -0.15) is 0 Å². The Morgan fingerprint density at radius 2 is 1.88 bits per heavy atom. The molecule has 0 atom stereocenters. The SMILES string of the molecule is O=C([O-])CSc1nnc(-c2ccc(Cl)cc2Cl)n1Cc1ccccc1. The lowest BCUT2D eigenvalue weighted by atomic mass is 10.2. The fourth-order valence-corrected chi connectivity index (χ4v) is 3.44. The van der Waals surface area contributed by atoms with E-state index in [1.54, 1.807) is 18.2 Å². The Kier molecular flexibility index (Phi) is 5.63. The summed E-state index contributed by atoms with van der Waals surface area (Å²) in [5, 5.41) is 20.6. The fourth-order valence-electron chi connectivity index (χ4n) is 2.30. The van der Waals surface area contributed by atoms with Gasteiger partial charge in [-0.05, 0) is 23.8 Å². The number of carbonyl (C=O) groups excluding carboxylic acids is 1. The number of halogens is 2. The van der Waals surface area contributed by atoms with Crippen molar-refractivity contribution in [2.24, 2.45) is 0 Å². The van der Waals surface area contributed by atoms with Gasteiger partial charge >= 0.3 is 0 Å². The lowest BCUT2D eigenvalue weighted by Gasteiger charge is -2.11. The molecule has 0 radical (unpaired) electrons. The molecule has 1 aromatic heterocycles. The van der Waals surface area contributed by atoms with Crippen LogP contribution >= 0.6 is 35.0 Å². The number of thioether (sulfide) groups is 1. The van der Waals surface area contributed by atoms with Crippen LogP contribution in [-0.2, 0) is 11.3 Å². The molecular weight excluding hydrogens is 381 g/mol. The third kappa shape index (κ3) is 4.34. The average molecular weight is 393 g/mol. The standard InChI is InChI=1S/C17H13Cl2N3O2S/c18-12-6-7-13(14(19)8-12)16-20-21-17(25-10-15(23)24)22(16)9-11-4-2-1-3-5-11/h1-8H,9-10H2,(H,23,24)/p-1. The normalized spacial score (nSPS) is 10.8. The zero-order valence-electron chi connectivity index (χ0n) is 12.9. The van der Waals surface area contributed by atoms with Crippen LogP contribution in [0.5, 0.6) is 0 Å². The molecule has 3 aromatic rings. The van der Waals surface area contributed by atoms with E-state index in [4.69, 9.17) is 23.2 Å². The molecule has 0 aliphatic heterocycles. The summed E-state index contributed by atoms with van der Waals surface area (Å²) in [6, 6.07) is 14.9. The van der Waals surface area contributed by atoms with Crippen molar-refractivity contribution in [3.8, 4) is 11.4 Å². The Labute approximate surface area is 158 Å². The second-order valence-electron chi connectivity index (χ2n) is 5.16. The minimum absolute atomic E-state index is 0.207. The number of carbonyl (C=O) groups is 1. The van der Waals surface area contributed by atoms with Crippen molar-refractivity contribution < 1.29 is 9.90 Å². The van der Waals surface area contributed by atoms with Crippen LogP contribution in [0, 0.1) is 0 Å². The van der Waals surface area contributed by atoms with Crippen molar-refractivity contribution in [3.63, 3.8) is 0 Å². The van der Waals surface area contributed by atoms with Crippen LogP contribution < -0.4 is 5.11 Å². The highest BCUT2D eigenvalue weighted by atomic mass is 35.5. The molecule has 8 heteroatoms. The Hall–Kier alpha value is -2.02. The minimum Gasteiger partial charge on any atom is -0.549 e. The van der Waals surface area contributed by atoms with Crippen LogP contribution in [0.1, 0.15) is 5.56 Å². The van der Waals surface area contributed by atoms with Crippen molar-refractivity contribution in [1.29, 1.82) is 0 Å². The van der Waals surface area contributed by atoms with E-state index in [1.807, 2.05) is 34.9 Å². The molecule has 128 valence electrons. The summed E-state index contributed by atoms with van der Waals surface area (Å²) in [5.74, 6) is -0.821. The number of aliphatic carboxylic acids is 1. The van der Waals surface area contributed by atoms with Crippen molar-refractivity contribution in [2.75, 3.05) is 5.75 Å². The molecule has 5 nitrogen and oxygen atoms in total. The topological polar surface area (TPSA) is 70.8 Å². The van der Waals surface area contributed by atoms with E-state index >= 15 is 0 Å². The smallest absolute Gasteiger partial charge is 0.192 e. The quantitative estimate of drug-likeness (QED) is 0.602. The summed E-state index contributed by atoms with van der Waals surface area (Å²) < 4.78 is 1.83. The van der Waals surface area contributed by atoms with Crippen molar-refractivity contribution in [3.05, 3.63) is 64.1 Å². The van der Waals surface area contributed by atoms with Crippen LogP contribution in [0.4, 0.5) is 0 Å². The van der Waals surface area contributed by atoms with Crippen LogP contribution in [0.2, 0.25) is 10.0 Å². The summed E-state index contributed by atoms with van der Waals surface area (Å²) in [7, 11) is 0. The van der Waals surface area contributed by atoms with E-state index in [9.17, 15) is 9.90 Å². The second-order valence-corrected chi connectivity index (χ2v) is 6.95. The highest BCUT2D eigenvalue weighted by molar-refractivity contribution is 7.99. The number of benzene rings is 2. The maximum absolute atomic E-state index is 10.8. The van der Waals surface area contributed by atoms with E-state index in [1.165, 1.54) is 0 Å². The summed E-state index contributed by atoms with van der Waals surface area (Å²) in [6.45, 7) is 0.484. The van der Waals surface area contributed by atoms with Gasteiger partial charge in [0.05, 0.1) is 17.5 Å². The molecule has 25 heavy (non-hydrogen) atoms. The van der Waals surface area contributed by atoms with Gasteiger partial charge in [0, 0.05) is 16.3 Å². The van der Waals surface area contributed by atoms with Gasteiger partial charge in [-0.1, -0.05) is 65.3 Å². The second kappa shape index (κ2) is 7.91. The van der Waals surface area contributed by atoms with Gasteiger partial charge in [0.25, 0.3) is 0 Å². The molecule has 0 saturated carbocycles. The first-order valence-corrected chi connectivity index (χ1v) is 9.04. The van der Waals surface area contributed by atoms with E-state index in [2.05, 4.69) is 10.2 Å². The minimum atomic E-state index is -1.16. The number of carboxylic acid groups (broad SMARTS) is 1. The summed E-state index contributed by atoms with van der Waals surface area (Å²) in [5.41, 5.74) is 1.71. The molecule has 0 aliphatic carbocycles. The molecule has 3 rings (SSSR count). The van der Waals surface area contributed by atoms with Crippen molar-refractivity contribution in [1.82, 2.24) is 14.8 Å². The van der Waals surface area contributed by atoms with Gasteiger partial charge in [-0.25, -0.2) is 0 Å². The number of hydrogen-bond acceptors (Lipinski definition) is 5. The molecule has 0 unspecified atom stereocenters. The van der Waals surface area contributed by atoms with Crippen LogP contribution in [0.25, 0.3) is 11.4 Å². The van der Waals surface area contributed by atoms with Crippen molar-refractivity contribution in [2.45, 2.75) is 11.7 Å². The van der Waals surface area contributed by atoms with Crippen LogP contribution in [-0.4, -0.2) is 26.5 Å². The predicted octanol–water partition coefficient (Wildman–Crippen LogP) is 3.14. The van der Waals surface area contributed by atoms with Gasteiger partial charge in [0.2, 0.25) is 0 Å². The Morgan fingerprint density at radius 1 is 1.12 bits per heavy atom. The van der Waals surface area contributed by atoms with Gasteiger partial charge in [0.1, 0.15) is 0 Å². The molecule has 2 aromatic carbocycles. The van der Waals surface area contributed by atoms with E-state index in [0.29, 0.717) is 33.1 Å². The van der Waals surface area contributed by atoms with E-state index in [0.717, 1.165) is 17.3 Å². The molecule has 0 N–H and O–H groups in total. The average Bonchev–Trinajstić information content (AvgIpc) is 2.96. The molecule has 0 bridgehead atoms.